The second-order valence-electron chi connectivity index (χ2n) is 7.44. The third-order valence-electron chi connectivity index (χ3n) is 5.08. The average Bonchev–Trinajstić information content (AvgIpc) is 3.30. The summed E-state index contributed by atoms with van der Waals surface area (Å²) in [5.41, 5.74) is 11.8. The maximum Gasteiger partial charge on any atom is 0.379 e. The Hall–Kier alpha value is -3.30. The van der Waals surface area contributed by atoms with Crippen molar-refractivity contribution in [1.29, 1.82) is 0 Å². The molecule has 15 heteroatoms. The maximum absolute atomic E-state index is 13.1. The van der Waals surface area contributed by atoms with E-state index in [0.717, 1.165) is 28.4 Å². The molecule has 0 unspecified atom stereocenters. The third kappa shape index (κ3) is 5.74. The van der Waals surface area contributed by atoms with Crippen LogP contribution in [0.3, 0.4) is 0 Å². The standard InChI is InChI=1S/C21H23N7O5S3/c1-3-23-27-6-4-13(5-7-27)34-9-12-10-35-16-8-15(29)28(16)18(12)20(31)33-26-19(30)17(25-32-2)14-11-36-21(22)24-14/h4-7,11,16,23H,3,8-10H2,1-2H3,(H2-,22,24,26,30)/p+1/b25-17-/t16-/m0/s1. The van der Waals surface area contributed by atoms with Crippen LogP contribution in [-0.2, 0) is 24.1 Å². The van der Waals surface area contributed by atoms with Crippen molar-refractivity contribution in [3.05, 3.63) is 46.9 Å². The van der Waals surface area contributed by atoms with Crippen LogP contribution in [0.15, 0.2) is 51.2 Å². The van der Waals surface area contributed by atoms with Crippen molar-refractivity contribution in [1.82, 2.24) is 15.4 Å². The molecule has 4 rings (SSSR count). The van der Waals surface area contributed by atoms with Gasteiger partial charge in [-0.1, -0.05) is 9.83 Å². The first-order valence-corrected chi connectivity index (χ1v) is 13.7. The number of carbonyl (C=O) groups excluding carboxylic acids is 3. The molecular formula is C21H24N7O5S3+. The first kappa shape index (κ1) is 25.8. The summed E-state index contributed by atoms with van der Waals surface area (Å²) >= 11 is 4.25. The Morgan fingerprint density at radius 2 is 2.17 bits per heavy atom. The Bertz CT molecular complexity index is 1210. The molecule has 0 bridgehead atoms. The van der Waals surface area contributed by atoms with Crippen LogP contribution in [0.5, 0.6) is 0 Å². The minimum atomic E-state index is -0.845. The molecule has 1 fully saturated rings. The van der Waals surface area contributed by atoms with Crippen LogP contribution in [0.25, 0.3) is 0 Å². The predicted molar refractivity (Wildman–Crippen MR) is 136 cm³/mol. The van der Waals surface area contributed by atoms with E-state index in [0.29, 0.717) is 17.9 Å². The molecule has 4 N–H and O–H groups in total. The van der Waals surface area contributed by atoms with Gasteiger partial charge in [0.1, 0.15) is 18.5 Å². The zero-order chi connectivity index (χ0) is 25.7. The van der Waals surface area contributed by atoms with Crippen molar-refractivity contribution in [3.63, 3.8) is 0 Å². The van der Waals surface area contributed by atoms with Gasteiger partial charge >= 0.3 is 11.9 Å². The molecule has 0 aromatic carbocycles. The van der Waals surface area contributed by atoms with Crippen LogP contribution in [0.1, 0.15) is 19.0 Å². The smallest absolute Gasteiger partial charge is 0.379 e. The van der Waals surface area contributed by atoms with Crippen LogP contribution in [0.4, 0.5) is 5.13 Å². The van der Waals surface area contributed by atoms with Gasteiger partial charge in [-0.15, -0.1) is 34.9 Å². The number of hydrogen-bond donors (Lipinski definition) is 3. The number of carbonyl (C=O) groups is 3. The lowest BCUT2D eigenvalue weighted by atomic mass is 10.1. The van der Waals surface area contributed by atoms with Gasteiger partial charge in [-0.3, -0.25) is 14.5 Å². The van der Waals surface area contributed by atoms with Crippen molar-refractivity contribution in [3.8, 4) is 0 Å². The largest absolute Gasteiger partial charge is 0.398 e. The van der Waals surface area contributed by atoms with E-state index in [9.17, 15) is 14.4 Å². The second-order valence-corrected chi connectivity index (χ2v) is 10.5. The van der Waals surface area contributed by atoms with Crippen molar-refractivity contribution in [2.75, 3.05) is 36.3 Å². The summed E-state index contributed by atoms with van der Waals surface area (Å²) < 4.78 is 1.86. The summed E-state index contributed by atoms with van der Waals surface area (Å²) in [5.74, 6) is -0.800. The fraction of sp³-hybridized carbons (Fsp3) is 0.333. The van der Waals surface area contributed by atoms with Crippen molar-refractivity contribution >= 4 is 63.5 Å². The number of nitrogens with zero attached hydrogens (tertiary/aromatic N) is 4. The number of nitrogens with two attached hydrogens (primary N) is 1. The van der Waals surface area contributed by atoms with Gasteiger partial charge in [0.2, 0.25) is 18.3 Å². The number of thiazole rings is 1. The molecule has 1 saturated heterocycles. The van der Waals surface area contributed by atoms with Crippen LogP contribution in [0, 0.1) is 0 Å². The number of β-lactam (4-membered cyclic amide) rings is 1. The van der Waals surface area contributed by atoms with Crippen molar-refractivity contribution in [2.24, 2.45) is 5.16 Å². The molecule has 36 heavy (non-hydrogen) atoms. The lowest BCUT2D eigenvalue weighted by Gasteiger charge is -2.44. The zero-order valence-electron chi connectivity index (χ0n) is 19.4. The Morgan fingerprint density at radius 1 is 1.39 bits per heavy atom. The monoisotopic (exact) mass is 550 g/mol. The van der Waals surface area contributed by atoms with Crippen LogP contribution >= 0.6 is 34.9 Å². The van der Waals surface area contributed by atoms with Crippen LogP contribution in [-0.4, -0.2) is 63.9 Å². The molecule has 2 aromatic heterocycles. The number of hydroxylamine groups is 1. The summed E-state index contributed by atoms with van der Waals surface area (Å²) in [4.78, 5) is 54.3. The number of nitrogen functional groups attached to an aromatic ring is 1. The highest BCUT2D eigenvalue weighted by Gasteiger charge is 2.46. The van der Waals surface area contributed by atoms with Gasteiger partial charge in [-0.2, -0.15) is 10.9 Å². The van der Waals surface area contributed by atoms with Gasteiger partial charge in [-0.05, 0) is 12.5 Å². The van der Waals surface area contributed by atoms with Gasteiger partial charge in [0.05, 0.1) is 18.3 Å². The Labute approximate surface area is 219 Å². The van der Waals surface area contributed by atoms with E-state index in [1.807, 2.05) is 36.1 Å². The molecule has 0 aliphatic carbocycles. The van der Waals surface area contributed by atoms with Gasteiger partial charge in [0.15, 0.2) is 10.8 Å². The van der Waals surface area contributed by atoms with Crippen molar-refractivity contribution < 1.29 is 28.7 Å². The molecule has 2 amide bonds. The highest BCUT2D eigenvalue weighted by Crippen LogP contribution is 2.41. The lowest BCUT2D eigenvalue weighted by molar-refractivity contribution is -0.650. The lowest BCUT2D eigenvalue weighted by Crippen LogP contribution is -2.54. The van der Waals surface area contributed by atoms with E-state index in [4.69, 9.17) is 15.4 Å². The number of pyridine rings is 1. The normalized spacial score (nSPS) is 17.3. The predicted octanol–water partition coefficient (Wildman–Crippen LogP) is 0.853. The highest BCUT2D eigenvalue weighted by atomic mass is 32.2. The first-order chi connectivity index (χ1) is 17.4. The van der Waals surface area contributed by atoms with Crippen LogP contribution < -0.4 is 21.3 Å². The van der Waals surface area contributed by atoms with E-state index in [-0.39, 0.29) is 33.5 Å². The van der Waals surface area contributed by atoms with E-state index < -0.39 is 11.9 Å². The number of anilines is 1. The third-order valence-corrected chi connectivity index (χ3v) is 8.13. The molecule has 1 atom stereocenters. The van der Waals surface area contributed by atoms with Crippen molar-refractivity contribution in [2.45, 2.75) is 23.6 Å². The number of hydrogen-bond acceptors (Lipinski definition) is 12. The highest BCUT2D eigenvalue weighted by molar-refractivity contribution is 8.01. The average molecular weight is 551 g/mol. The molecular weight excluding hydrogens is 526 g/mol. The fourth-order valence-electron chi connectivity index (χ4n) is 3.43. The van der Waals surface area contributed by atoms with Gasteiger partial charge in [-0.25, -0.2) is 9.78 Å². The number of nitrogens with one attached hydrogen (secondary N) is 2. The van der Waals surface area contributed by atoms with E-state index in [1.54, 1.807) is 11.8 Å². The molecule has 190 valence electrons. The SMILES string of the molecule is CCN[n+]1ccc(SCC2=C(C(=O)ONC(=O)/C(=N\OC)c3csc(N)n3)N3C(=O)C[C@@H]3SC2)cc1. The summed E-state index contributed by atoms with van der Waals surface area (Å²) in [6.45, 7) is 2.81. The molecule has 0 saturated carbocycles. The zero-order valence-corrected chi connectivity index (χ0v) is 21.9. The molecule has 4 heterocycles. The number of amides is 2. The Balaban J connectivity index is 1.47. The van der Waals surface area contributed by atoms with E-state index in [2.05, 4.69) is 21.0 Å². The summed E-state index contributed by atoms with van der Waals surface area (Å²) in [6.07, 6.45) is 4.17. The minimum Gasteiger partial charge on any atom is -0.398 e. The second kappa shape index (κ2) is 11.6. The summed E-state index contributed by atoms with van der Waals surface area (Å²) in [6, 6.07) is 3.92. The Morgan fingerprint density at radius 3 is 2.81 bits per heavy atom. The van der Waals surface area contributed by atoms with Gasteiger partial charge in [0.25, 0.3) is 0 Å². The van der Waals surface area contributed by atoms with E-state index >= 15 is 0 Å². The molecule has 2 aliphatic rings. The Kier molecular flexibility index (Phi) is 8.32. The molecule has 0 spiro atoms. The van der Waals surface area contributed by atoms with E-state index in [1.165, 1.54) is 29.2 Å². The number of aromatic nitrogens is 2. The van der Waals surface area contributed by atoms with Gasteiger partial charge < -0.3 is 15.4 Å². The minimum absolute atomic E-state index is 0.121. The van der Waals surface area contributed by atoms with Gasteiger partial charge in [0, 0.05) is 33.9 Å². The summed E-state index contributed by atoms with van der Waals surface area (Å²) in [7, 11) is 1.27. The quantitative estimate of drug-likeness (QED) is 0.135. The molecule has 0 radical (unpaired) electrons. The topological polar surface area (TPSA) is 152 Å². The molecule has 12 nitrogen and oxygen atoms in total. The number of fused-ring (bicyclic) bond motifs is 1. The number of thioether (sulfide) groups is 2. The van der Waals surface area contributed by atoms with Crippen LogP contribution in [0.2, 0.25) is 0 Å². The number of oxime groups is 1. The molecule has 2 aliphatic heterocycles. The fourth-order valence-corrected chi connectivity index (χ4v) is 6.26. The molecule has 2 aromatic rings. The first-order valence-electron chi connectivity index (χ1n) is 10.8. The maximum atomic E-state index is 13.1. The number of rotatable bonds is 9. The summed E-state index contributed by atoms with van der Waals surface area (Å²) in [5, 5.41) is 5.30.